The molecule has 1 N–H and O–H groups in total. The fraction of sp³-hybridized carbons (Fsp3) is 0.833. The van der Waals surface area contributed by atoms with Crippen molar-refractivity contribution in [3.05, 3.63) is 0 Å². The Bertz CT molecular complexity index is 278. The average molecular weight is 208 g/mol. The third kappa shape index (κ3) is 3.91. The molecule has 0 bridgehead atoms. The van der Waals surface area contributed by atoms with Crippen LogP contribution in [0.2, 0.25) is 0 Å². The molecule has 1 saturated carbocycles. The van der Waals surface area contributed by atoms with Gasteiger partial charge in [-0.2, -0.15) is 5.26 Å². The maximum atomic E-state index is 11.3. The van der Waals surface area contributed by atoms with Crippen molar-refractivity contribution in [1.82, 2.24) is 5.32 Å². The lowest BCUT2D eigenvalue weighted by Crippen LogP contribution is -2.42. The summed E-state index contributed by atoms with van der Waals surface area (Å²) < 4.78 is 0. The van der Waals surface area contributed by atoms with Crippen LogP contribution in [0.3, 0.4) is 0 Å². The number of rotatable bonds is 2. The third-order valence-corrected chi connectivity index (χ3v) is 2.99. The smallest absolute Gasteiger partial charge is 0.234 e. The highest BCUT2D eigenvalue weighted by Gasteiger charge is 2.32. The standard InChI is InChI=1S/C12H20N2O/c1-9-6-10(8-12(2,3)7-9)14-11(15)4-5-13/h9-10H,4,6-8H2,1-3H3,(H,14,15)/t9-,10-/m0/s1. The van der Waals surface area contributed by atoms with Crippen LogP contribution in [0, 0.1) is 22.7 Å². The molecule has 0 aromatic rings. The van der Waals surface area contributed by atoms with Gasteiger partial charge in [0.2, 0.25) is 5.91 Å². The van der Waals surface area contributed by atoms with Gasteiger partial charge in [0, 0.05) is 6.04 Å². The summed E-state index contributed by atoms with van der Waals surface area (Å²) in [7, 11) is 0. The van der Waals surface area contributed by atoms with Crippen molar-refractivity contribution in [2.45, 2.75) is 52.5 Å². The summed E-state index contributed by atoms with van der Waals surface area (Å²) in [5.41, 5.74) is 0.308. The van der Waals surface area contributed by atoms with Crippen molar-refractivity contribution in [1.29, 1.82) is 5.26 Å². The lowest BCUT2D eigenvalue weighted by molar-refractivity contribution is -0.121. The molecule has 15 heavy (non-hydrogen) atoms. The van der Waals surface area contributed by atoms with E-state index in [-0.39, 0.29) is 18.4 Å². The molecule has 1 fully saturated rings. The predicted molar refractivity (Wildman–Crippen MR) is 59.0 cm³/mol. The highest BCUT2D eigenvalue weighted by Crippen LogP contribution is 2.38. The van der Waals surface area contributed by atoms with E-state index in [4.69, 9.17) is 5.26 Å². The predicted octanol–water partition coefficient (Wildman–Crippen LogP) is 2.23. The lowest BCUT2D eigenvalue weighted by Gasteiger charge is -2.39. The first-order valence-electron chi connectivity index (χ1n) is 5.59. The van der Waals surface area contributed by atoms with Crippen LogP contribution < -0.4 is 5.32 Å². The highest BCUT2D eigenvalue weighted by molar-refractivity contribution is 5.78. The summed E-state index contributed by atoms with van der Waals surface area (Å²) in [5, 5.41) is 11.4. The molecule has 1 aliphatic carbocycles. The maximum absolute atomic E-state index is 11.3. The Balaban J connectivity index is 2.49. The second-order valence-electron chi connectivity index (χ2n) is 5.51. The minimum absolute atomic E-state index is 0.0225. The first kappa shape index (κ1) is 12.0. The number of nitrogens with zero attached hydrogens (tertiary/aromatic N) is 1. The van der Waals surface area contributed by atoms with Gasteiger partial charge in [-0.25, -0.2) is 0 Å². The van der Waals surface area contributed by atoms with E-state index in [9.17, 15) is 4.79 Å². The van der Waals surface area contributed by atoms with Crippen LogP contribution in [0.5, 0.6) is 0 Å². The second-order valence-corrected chi connectivity index (χ2v) is 5.51. The summed E-state index contributed by atoms with van der Waals surface area (Å²) in [5.74, 6) is 0.522. The van der Waals surface area contributed by atoms with E-state index >= 15 is 0 Å². The van der Waals surface area contributed by atoms with E-state index in [1.54, 1.807) is 0 Å². The van der Waals surface area contributed by atoms with Gasteiger partial charge in [0.05, 0.1) is 6.07 Å². The average Bonchev–Trinajstić information content (AvgIpc) is 1.99. The topological polar surface area (TPSA) is 52.9 Å². The zero-order valence-corrected chi connectivity index (χ0v) is 9.84. The molecule has 0 radical (unpaired) electrons. The Morgan fingerprint density at radius 3 is 2.73 bits per heavy atom. The zero-order chi connectivity index (χ0) is 11.5. The molecule has 0 unspecified atom stereocenters. The lowest BCUT2D eigenvalue weighted by atomic mass is 9.70. The zero-order valence-electron chi connectivity index (χ0n) is 9.84. The quantitative estimate of drug-likeness (QED) is 0.756. The van der Waals surface area contributed by atoms with Crippen molar-refractivity contribution in [2.24, 2.45) is 11.3 Å². The van der Waals surface area contributed by atoms with Gasteiger partial charge in [-0.3, -0.25) is 4.79 Å². The van der Waals surface area contributed by atoms with Crippen molar-refractivity contribution < 1.29 is 4.79 Å². The molecule has 0 aliphatic heterocycles. The molecule has 1 aliphatic rings. The summed E-state index contributed by atoms with van der Waals surface area (Å²) >= 11 is 0. The monoisotopic (exact) mass is 208 g/mol. The van der Waals surface area contributed by atoms with E-state index in [0.717, 1.165) is 12.8 Å². The highest BCUT2D eigenvalue weighted by atomic mass is 16.1. The van der Waals surface area contributed by atoms with Gasteiger partial charge in [0.25, 0.3) is 0 Å². The Morgan fingerprint density at radius 2 is 2.20 bits per heavy atom. The molecular formula is C12H20N2O. The van der Waals surface area contributed by atoms with Crippen molar-refractivity contribution in [2.75, 3.05) is 0 Å². The van der Waals surface area contributed by atoms with E-state index in [1.165, 1.54) is 6.42 Å². The van der Waals surface area contributed by atoms with E-state index in [1.807, 2.05) is 6.07 Å². The van der Waals surface area contributed by atoms with Crippen LogP contribution in [0.1, 0.15) is 46.5 Å². The molecule has 84 valence electrons. The number of carbonyl (C=O) groups is 1. The van der Waals surface area contributed by atoms with E-state index in [2.05, 4.69) is 26.1 Å². The summed E-state index contributed by atoms with van der Waals surface area (Å²) in [6.07, 6.45) is 3.26. The molecular weight excluding hydrogens is 188 g/mol. The van der Waals surface area contributed by atoms with Crippen LogP contribution in [0.4, 0.5) is 0 Å². The van der Waals surface area contributed by atoms with Crippen LogP contribution in [-0.2, 0) is 4.79 Å². The Hall–Kier alpha value is -1.04. The molecule has 0 aromatic carbocycles. The second kappa shape index (κ2) is 4.65. The summed E-state index contributed by atoms with van der Waals surface area (Å²) in [4.78, 5) is 11.3. The molecule has 2 atom stereocenters. The van der Waals surface area contributed by atoms with Gasteiger partial charge in [0.15, 0.2) is 0 Å². The molecule has 0 heterocycles. The van der Waals surface area contributed by atoms with Crippen molar-refractivity contribution in [3.8, 4) is 6.07 Å². The number of hydrogen-bond acceptors (Lipinski definition) is 2. The fourth-order valence-corrected chi connectivity index (χ4v) is 2.81. The number of carbonyl (C=O) groups excluding carboxylic acids is 1. The van der Waals surface area contributed by atoms with Gasteiger partial charge in [-0.15, -0.1) is 0 Å². The molecule has 3 nitrogen and oxygen atoms in total. The van der Waals surface area contributed by atoms with Crippen molar-refractivity contribution >= 4 is 5.91 Å². The molecule has 0 aromatic heterocycles. The number of amides is 1. The normalized spacial score (nSPS) is 29.2. The molecule has 0 saturated heterocycles. The summed E-state index contributed by atoms with van der Waals surface area (Å²) in [6, 6.07) is 2.13. The van der Waals surface area contributed by atoms with Gasteiger partial charge < -0.3 is 5.32 Å². The van der Waals surface area contributed by atoms with Gasteiger partial charge in [-0.1, -0.05) is 20.8 Å². The summed E-state index contributed by atoms with van der Waals surface area (Å²) in [6.45, 7) is 6.71. The van der Waals surface area contributed by atoms with Crippen LogP contribution in [-0.4, -0.2) is 11.9 Å². The fourth-order valence-electron chi connectivity index (χ4n) is 2.81. The molecule has 1 rings (SSSR count). The largest absolute Gasteiger partial charge is 0.352 e. The van der Waals surface area contributed by atoms with Crippen LogP contribution >= 0.6 is 0 Å². The molecule has 1 amide bonds. The van der Waals surface area contributed by atoms with Gasteiger partial charge in [0.1, 0.15) is 6.42 Å². The number of nitrogens with one attached hydrogen (secondary N) is 1. The SMILES string of the molecule is C[C@H]1C[C@H](NC(=O)CC#N)CC(C)(C)C1. The molecule has 0 spiro atoms. The van der Waals surface area contributed by atoms with E-state index < -0.39 is 0 Å². The Labute approximate surface area is 91.9 Å². The first-order chi connectivity index (χ1) is 6.93. The number of hydrogen-bond donors (Lipinski definition) is 1. The third-order valence-electron chi connectivity index (χ3n) is 2.99. The Kier molecular flexibility index (Phi) is 3.73. The minimum atomic E-state index is -0.132. The van der Waals surface area contributed by atoms with Gasteiger partial charge in [-0.05, 0) is 30.6 Å². The molecule has 3 heteroatoms. The van der Waals surface area contributed by atoms with E-state index in [0.29, 0.717) is 11.3 Å². The van der Waals surface area contributed by atoms with Crippen LogP contribution in [0.15, 0.2) is 0 Å². The Morgan fingerprint density at radius 1 is 1.53 bits per heavy atom. The minimum Gasteiger partial charge on any atom is -0.352 e. The first-order valence-corrected chi connectivity index (χ1v) is 5.59. The maximum Gasteiger partial charge on any atom is 0.234 e. The number of nitriles is 1. The van der Waals surface area contributed by atoms with Crippen molar-refractivity contribution in [3.63, 3.8) is 0 Å². The van der Waals surface area contributed by atoms with Gasteiger partial charge >= 0.3 is 0 Å². The van der Waals surface area contributed by atoms with Crippen LogP contribution in [0.25, 0.3) is 0 Å².